The maximum Gasteiger partial charge on any atom is 0.218 e. The minimum absolute atomic E-state index is 0.0454. The second kappa shape index (κ2) is 21.7. The number of aliphatic imine (C=N–C) groups is 2. The molecule has 0 rings (SSSR count). The van der Waals surface area contributed by atoms with Crippen molar-refractivity contribution in [2.45, 2.75) is 64.2 Å². The number of hydrogen-bond acceptors (Lipinski definition) is 4. The van der Waals surface area contributed by atoms with Gasteiger partial charge in [0.15, 0.2) is 5.96 Å². The molecule has 0 fully saturated rings. The van der Waals surface area contributed by atoms with Crippen molar-refractivity contribution in [3.63, 3.8) is 0 Å². The van der Waals surface area contributed by atoms with Crippen LogP contribution in [0.25, 0.3) is 0 Å². The van der Waals surface area contributed by atoms with E-state index in [2.05, 4.69) is 39.5 Å². The number of nitrogens with one attached hydrogen (secondary N) is 2. The van der Waals surface area contributed by atoms with E-state index in [9.17, 15) is 0 Å². The van der Waals surface area contributed by atoms with Crippen LogP contribution in [0.4, 0.5) is 0 Å². The van der Waals surface area contributed by atoms with Gasteiger partial charge in [0.25, 0.3) is 0 Å². The van der Waals surface area contributed by atoms with Crippen molar-refractivity contribution in [1.29, 1.82) is 0 Å². The second-order valence-corrected chi connectivity index (χ2v) is 6.20. The van der Waals surface area contributed by atoms with E-state index in [1.165, 1.54) is 64.0 Å². The summed E-state index contributed by atoms with van der Waals surface area (Å²) in [6.07, 6.45) is 13.9. The smallest absolute Gasteiger partial charge is 0.218 e. The lowest BCUT2D eigenvalue weighted by Crippen LogP contribution is -2.26. The molecule has 0 heterocycles. The third-order valence-electron chi connectivity index (χ3n) is 3.74. The Kier molecular flexibility index (Phi) is 21.5. The molecule has 0 saturated carbocycles. The van der Waals surface area contributed by atoms with Gasteiger partial charge in [-0.15, -0.1) is 0 Å². The van der Waals surface area contributed by atoms with Crippen LogP contribution >= 0.6 is 0 Å². The lowest BCUT2D eigenvalue weighted by atomic mass is 10.1. The fourth-order valence-electron chi connectivity index (χ4n) is 2.34. The monoisotopic (exact) mass is 382 g/mol. The van der Waals surface area contributed by atoms with Crippen molar-refractivity contribution in [3.05, 3.63) is 25.2 Å². The average molecular weight is 383 g/mol. The Morgan fingerprint density at radius 2 is 1.33 bits per heavy atom. The Morgan fingerprint density at radius 3 is 1.78 bits per heavy atom. The van der Waals surface area contributed by atoms with Crippen LogP contribution in [-0.2, 0) is 0 Å². The summed E-state index contributed by atoms with van der Waals surface area (Å²) in [5.41, 5.74) is 20.6. The first-order valence-corrected chi connectivity index (χ1v) is 9.80. The third-order valence-corrected chi connectivity index (χ3v) is 3.74. The first-order valence-electron chi connectivity index (χ1n) is 9.80. The zero-order valence-electron chi connectivity index (χ0n) is 17.2. The molecular weight excluding hydrogens is 340 g/mol. The summed E-state index contributed by atoms with van der Waals surface area (Å²) in [5.74, 6) is 1.02. The van der Waals surface area contributed by atoms with Crippen molar-refractivity contribution in [2.75, 3.05) is 20.1 Å². The maximum absolute atomic E-state index is 5.53. The van der Waals surface area contributed by atoms with Crippen LogP contribution in [0.5, 0.6) is 0 Å². The van der Waals surface area contributed by atoms with Crippen molar-refractivity contribution < 1.29 is 0 Å². The predicted molar refractivity (Wildman–Crippen MR) is 119 cm³/mol. The van der Waals surface area contributed by atoms with Gasteiger partial charge in [-0.1, -0.05) is 64.5 Å². The molecule has 0 aliphatic carbocycles. The van der Waals surface area contributed by atoms with Crippen molar-refractivity contribution in [3.8, 4) is 0 Å². The molecule has 0 aromatic carbocycles. The van der Waals surface area contributed by atoms with Gasteiger partial charge in [0.2, 0.25) is 5.96 Å². The fourth-order valence-corrected chi connectivity index (χ4v) is 2.34. The largest absolute Gasteiger partial charge is 0.405 e. The molecule has 0 radical (unpaired) electrons. The van der Waals surface area contributed by atoms with Gasteiger partial charge in [-0.3, -0.25) is 4.99 Å². The van der Waals surface area contributed by atoms with E-state index < -0.39 is 0 Å². The molecule has 8 nitrogen and oxygen atoms in total. The molecule has 0 saturated heterocycles. The lowest BCUT2D eigenvalue weighted by molar-refractivity contribution is 0.547. The van der Waals surface area contributed by atoms with E-state index in [1.54, 1.807) is 0 Å². The van der Waals surface area contributed by atoms with Gasteiger partial charge in [0, 0.05) is 20.1 Å². The summed E-state index contributed by atoms with van der Waals surface area (Å²) in [4.78, 5) is 7.77. The van der Waals surface area contributed by atoms with Gasteiger partial charge in [0.1, 0.15) is 0 Å². The van der Waals surface area contributed by atoms with Crippen LogP contribution in [0.2, 0.25) is 0 Å². The van der Waals surface area contributed by atoms with Crippen LogP contribution < -0.4 is 33.6 Å². The number of hydrogen-bond donors (Lipinski definition) is 6. The summed E-state index contributed by atoms with van der Waals surface area (Å²) in [6.45, 7) is 8.68. The summed E-state index contributed by atoms with van der Waals surface area (Å²) < 4.78 is 0. The molecule has 8 heteroatoms. The van der Waals surface area contributed by atoms with Gasteiger partial charge < -0.3 is 33.6 Å². The first-order chi connectivity index (χ1) is 13.0. The molecule has 0 aliphatic heterocycles. The highest BCUT2D eigenvalue weighted by atomic mass is 15.1. The van der Waals surface area contributed by atoms with E-state index >= 15 is 0 Å². The summed E-state index contributed by atoms with van der Waals surface area (Å²) in [5, 5.41) is 6.23. The Labute approximate surface area is 165 Å². The van der Waals surface area contributed by atoms with Gasteiger partial charge in [-0.05, 0) is 19.0 Å². The highest BCUT2D eigenvalue weighted by molar-refractivity contribution is 5.92. The molecule has 0 spiro atoms. The minimum atomic E-state index is -0.0454. The topological polar surface area (TPSA) is 153 Å². The van der Waals surface area contributed by atoms with Crippen LogP contribution in [-0.4, -0.2) is 32.1 Å². The highest BCUT2D eigenvalue weighted by Gasteiger charge is 1.94. The van der Waals surface area contributed by atoms with Gasteiger partial charge in [-0.25, -0.2) is 0 Å². The van der Waals surface area contributed by atoms with Crippen LogP contribution in [0.15, 0.2) is 35.2 Å². The van der Waals surface area contributed by atoms with Gasteiger partial charge >= 0.3 is 0 Å². The quantitative estimate of drug-likeness (QED) is 0.144. The summed E-state index contributed by atoms with van der Waals surface area (Å²) in [6, 6.07) is 0. The number of nitrogens with two attached hydrogens (primary N) is 4. The zero-order valence-corrected chi connectivity index (χ0v) is 17.2. The van der Waals surface area contributed by atoms with Crippen molar-refractivity contribution in [1.82, 2.24) is 10.6 Å². The SMILES string of the molecule is C=C(NC)NCCCCCCCCCCCCN=C(N)N=C(N)N.C=CN. The summed E-state index contributed by atoms with van der Waals surface area (Å²) in [7, 11) is 1.88. The normalized spacial score (nSPS) is 10.3. The van der Waals surface area contributed by atoms with E-state index in [1.807, 2.05) is 7.05 Å². The van der Waals surface area contributed by atoms with Gasteiger partial charge in [-0.2, -0.15) is 4.99 Å². The molecule has 0 amide bonds. The molecule has 27 heavy (non-hydrogen) atoms. The standard InChI is InChI=1S/C17H37N7.C2H5N/c1-15(21-2)22-13-11-9-7-5-3-4-6-8-10-12-14-23-17(20)24-16(18)19;1-2-3/h21-22H,1,3-14H2,2H3,(H6,18,19,20,23,24);2H,1,3H2. The van der Waals surface area contributed by atoms with E-state index in [4.69, 9.17) is 17.2 Å². The van der Waals surface area contributed by atoms with Crippen molar-refractivity contribution in [2.24, 2.45) is 32.9 Å². The number of rotatable bonds is 15. The number of unbranched alkanes of at least 4 members (excludes halogenated alkanes) is 9. The molecule has 0 aromatic heterocycles. The van der Waals surface area contributed by atoms with E-state index in [0.717, 1.165) is 18.8 Å². The van der Waals surface area contributed by atoms with Crippen LogP contribution in [0.1, 0.15) is 64.2 Å². The first kappa shape index (κ1) is 26.8. The van der Waals surface area contributed by atoms with Crippen LogP contribution in [0.3, 0.4) is 0 Å². The Hall–Kier alpha value is -2.38. The second-order valence-electron chi connectivity index (χ2n) is 6.20. The Morgan fingerprint density at radius 1 is 0.889 bits per heavy atom. The third kappa shape index (κ3) is 26.0. The molecule has 10 N–H and O–H groups in total. The molecule has 0 aliphatic rings. The lowest BCUT2D eigenvalue weighted by Gasteiger charge is -2.08. The molecular formula is C19H42N8. The van der Waals surface area contributed by atoms with Crippen molar-refractivity contribution >= 4 is 11.9 Å². The Bertz CT molecular complexity index is 414. The average Bonchev–Trinajstić information content (AvgIpc) is 2.61. The molecule has 0 bridgehead atoms. The molecule has 0 aromatic rings. The predicted octanol–water partition coefficient (Wildman–Crippen LogP) is 1.84. The molecule has 0 unspecified atom stereocenters. The fraction of sp³-hybridized carbons (Fsp3) is 0.684. The maximum atomic E-state index is 5.53. The minimum Gasteiger partial charge on any atom is -0.405 e. The summed E-state index contributed by atoms with van der Waals surface area (Å²) >= 11 is 0. The van der Waals surface area contributed by atoms with E-state index in [0.29, 0.717) is 6.54 Å². The zero-order chi connectivity index (χ0) is 20.8. The Balaban J connectivity index is 0. The van der Waals surface area contributed by atoms with Gasteiger partial charge in [0.05, 0.1) is 5.82 Å². The highest BCUT2D eigenvalue weighted by Crippen LogP contribution is 2.10. The number of nitrogens with zero attached hydrogens (tertiary/aromatic N) is 2. The van der Waals surface area contributed by atoms with Crippen LogP contribution in [0, 0.1) is 0 Å². The molecule has 158 valence electrons. The number of guanidine groups is 2. The van der Waals surface area contributed by atoms with E-state index in [-0.39, 0.29) is 11.9 Å². The molecule has 0 atom stereocenters.